The van der Waals surface area contributed by atoms with Crippen LogP contribution >= 0.6 is 0 Å². The van der Waals surface area contributed by atoms with E-state index in [9.17, 15) is 27.9 Å². The second-order valence-electron chi connectivity index (χ2n) is 12.0. The minimum atomic E-state index is -4.57. The lowest BCUT2D eigenvalue weighted by molar-refractivity contribution is -0.138. The van der Waals surface area contributed by atoms with Crippen LogP contribution in [0.5, 0.6) is 17.2 Å². The molecule has 4 aromatic carbocycles. The van der Waals surface area contributed by atoms with Crippen LogP contribution in [0.2, 0.25) is 0 Å². The van der Waals surface area contributed by atoms with Gasteiger partial charge in [0.25, 0.3) is 5.91 Å². The number of nitrogens with zero attached hydrogens (tertiary/aromatic N) is 2. The van der Waals surface area contributed by atoms with Crippen LogP contribution in [0.3, 0.4) is 0 Å². The molecule has 0 fully saturated rings. The molecule has 11 heteroatoms. The number of amides is 2. The van der Waals surface area contributed by atoms with Gasteiger partial charge in [-0.3, -0.25) is 9.59 Å². The van der Waals surface area contributed by atoms with E-state index in [1.54, 1.807) is 19.1 Å². The molecule has 49 heavy (non-hydrogen) atoms. The number of ether oxygens (including phenoxy) is 2. The van der Waals surface area contributed by atoms with E-state index in [4.69, 9.17) is 9.47 Å². The number of nitrogens with one attached hydrogen (secondary N) is 1. The summed E-state index contributed by atoms with van der Waals surface area (Å²) in [5, 5.41) is 12.0. The molecule has 4 aromatic rings. The summed E-state index contributed by atoms with van der Waals surface area (Å²) in [5.74, 6) is 0.947. The number of aryl methyl sites for hydroxylation is 1. The van der Waals surface area contributed by atoms with Crippen molar-refractivity contribution < 1.29 is 37.3 Å². The number of hydrogen-bond acceptors (Lipinski definition) is 6. The number of carbonyl (C=O) groups excluding carboxylic acids is 2. The summed E-state index contributed by atoms with van der Waals surface area (Å²) in [4.78, 5) is 29.2. The quantitative estimate of drug-likeness (QED) is 0.193. The van der Waals surface area contributed by atoms with Gasteiger partial charge in [0.15, 0.2) is 5.75 Å². The molecule has 0 bridgehead atoms. The van der Waals surface area contributed by atoms with E-state index in [-0.39, 0.29) is 41.7 Å². The Morgan fingerprint density at radius 1 is 1.00 bits per heavy atom. The third kappa shape index (κ3) is 10.3. The smallest absolute Gasteiger partial charge is 0.416 e. The average molecular weight is 678 g/mol. The molecule has 1 atom stereocenters. The zero-order valence-corrected chi connectivity index (χ0v) is 28.1. The Labute approximate surface area is 285 Å². The standard InChI is InChI=1S/C22H23F3N2O4.C16H19NO/c1-14(13-28)27-10-5-11-31-20-16(21(27)30)7-4-9-18(20)26-19(29)12-15-6-2-3-8-17(15)22(23,24)25;1-13-6-4-5-7-16(13)18-15-10-8-14(9-11-15)12-17(2)3/h2-4,6-9,14,28H,5,10-13H2,1H3,(H,26,29);4-11H,12H2,1-3H3/t14-;/m0./s1. The lowest BCUT2D eigenvalue weighted by Crippen LogP contribution is -2.42. The van der Waals surface area contributed by atoms with Crippen molar-refractivity contribution in [2.75, 3.05) is 39.2 Å². The van der Waals surface area contributed by atoms with E-state index in [2.05, 4.69) is 49.4 Å². The molecular formula is C38H42F3N3O5. The molecule has 1 aliphatic heterocycles. The largest absolute Gasteiger partial charge is 0.490 e. The molecule has 0 saturated heterocycles. The average Bonchev–Trinajstić information content (AvgIpc) is 3.05. The Kier molecular flexibility index (Phi) is 12.8. The summed E-state index contributed by atoms with van der Waals surface area (Å²) in [7, 11) is 4.13. The van der Waals surface area contributed by atoms with E-state index in [0.29, 0.717) is 13.0 Å². The van der Waals surface area contributed by atoms with Crippen molar-refractivity contribution in [3.63, 3.8) is 0 Å². The van der Waals surface area contributed by atoms with Gasteiger partial charge in [0.2, 0.25) is 5.91 Å². The molecule has 0 saturated carbocycles. The van der Waals surface area contributed by atoms with Crippen LogP contribution in [-0.2, 0) is 23.9 Å². The fourth-order valence-electron chi connectivity index (χ4n) is 5.29. The zero-order valence-electron chi connectivity index (χ0n) is 28.1. The number of para-hydroxylation sites is 2. The highest BCUT2D eigenvalue weighted by Gasteiger charge is 2.33. The highest BCUT2D eigenvalue weighted by molar-refractivity contribution is 6.02. The van der Waals surface area contributed by atoms with Crippen LogP contribution in [0.1, 0.15) is 46.0 Å². The van der Waals surface area contributed by atoms with Crippen molar-refractivity contribution in [1.29, 1.82) is 0 Å². The fourth-order valence-corrected chi connectivity index (χ4v) is 5.29. The van der Waals surface area contributed by atoms with Crippen LogP contribution in [0.4, 0.5) is 18.9 Å². The normalized spacial score (nSPS) is 13.7. The van der Waals surface area contributed by atoms with Gasteiger partial charge in [-0.05, 0) is 87.5 Å². The predicted molar refractivity (Wildman–Crippen MR) is 183 cm³/mol. The Morgan fingerprint density at radius 2 is 1.69 bits per heavy atom. The van der Waals surface area contributed by atoms with Gasteiger partial charge in [-0.2, -0.15) is 13.2 Å². The van der Waals surface area contributed by atoms with Gasteiger partial charge in [-0.25, -0.2) is 0 Å². The van der Waals surface area contributed by atoms with Gasteiger partial charge >= 0.3 is 6.18 Å². The molecule has 1 aliphatic rings. The number of carbonyl (C=O) groups is 2. The summed E-state index contributed by atoms with van der Waals surface area (Å²) in [6, 6.07) is 25.4. The number of benzene rings is 4. The summed E-state index contributed by atoms with van der Waals surface area (Å²) in [6.45, 7) is 5.21. The van der Waals surface area contributed by atoms with E-state index in [1.807, 2.05) is 30.3 Å². The second-order valence-corrected chi connectivity index (χ2v) is 12.0. The van der Waals surface area contributed by atoms with E-state index >= 15 is 0 Å². The molecule has 2 amide bonds. The predicted octanol–water partition coefficient (Wildman–Crippen LogP) is 7.34. The number of aliphatic hydroxyl groups is 1. The third-order valence-corrected chi connectivity index (χ3v) is 7.78. The highest BCUT2D eigenvalue weighted by atomic mass is 19.4. The number of aliphatic hydroxyl groups excluding tert-OH is 1. The van der Waals surface area contributed by atoms with Crippen LogP contribution in [-0.4, -0.2) is 66.6 Å². The van der Waals surface area contributed by atoms with Crippen molar-refractivity contribution in [3.05, 3.63) is 119 Å². The maximum atomic E-state index is 13.2. The molecule has 0 spiro atoms. The van der Waals surface area contributed by atoms with Gasteiger partial charge in [0.1, 0.15) is 11.5 Å². The van der Waals surface area contributed by atoms with Gasteiger partial charge in [0, 0.05) is 13.1 Å². The molecule has 8 nitrogen and oxygen atoms in total. The number of halogens is 3. The van der Waals surface area contributed by atoms with Crippen molar-refractivity contribution in [2.45, 2.75) is 45.5 Å². The third-order valence-electron chi connectivity index (χ3n) is 7.78. The molecule has 5 rings (SSSR count). The summed E-state index contributed by atoms with van der Waals surface area (Å²) in [5.41, 5.74) is 1.85. The van der Waals surface area contributed by atoms with Crippen LogP contribution < -0.4 is 14.8 Å². The van der Waals surface area contributed by atoms with Crippen molar-refractivity contribution in [1.82, 2.24) is 9.80 Å². The second kappa shape index (κ2) is 17.0. The lowest BCUT2D eigenvalue weighted by atomic mass is 10.0. The van der Waals surface area contributed by atoms with E-state index in [0.717, 1.165) is 29.7 Å². The summed E-state index contributed by atoms with van der Waals surface area (Å²) in [6.07, 6.45) is -4.53. The molecule has 0 unspecified atom stereocenters. The molecule has 0 aromatic heterocycles. The molecule has 260 valence electrons. The first-order valence-electron chi connectivity index (χ1n) is 16.0. The number of fused-ring (bicyclic) bond motifs is 1. The van der Waals surface area contributed by atoms with Crippen LogP contribution in [0.25, 0.3) is 0 Å². The van der Waals surface area contributed by atoms with Crippen LogP contribution in [0.15, 0.2) is 91.0 Å². The maximum absolute atomic E-state index is 13.2. The molecule has 0 aliphatic carbocycles. The molecular weight excluding hydrogens is 635 g/mol. The van der Waals surface area contributed by atoms with E-state index < -0.39 is 30.1 Å². The zero-order chi connectivity index (χ0) is 35.6. The van der Waals surface area contributed by atoms with Crippen molar-refractivity contribution in [3.8, 4) is 17.2 Å². The number of hydrogen-bond donors (Lipinski definition) is 2. The maximum Gasteiger partial charge on any atom is 0.416 e. The SMILES string of the molecule is C[C@@H](CO)N1CCCOc2c(NC(=O)Cc3ccccc3C(F)(F)F)cccc2C1=O.Cc1ccccc1Oc1ccc(CN(C)C)cc1. The van der Waals surface area contributed by atoms with Crippen molar-refractivity contribution >= 4 is 17.5 Å². The number of anilines is 1. The molecule has 0 radical (unpaired) electrons. The Balaban J connectivity index is 0.000000254. The molecule has 2 N–H and O–H groups in total. The highest BCUT2D eigenvalue weighted by Crippen LogP contribution is 2.34. The Morgan fingerprint density at radius 3 is 2.37 bits per heavy atom. The van der Waals surface area contributed by atoms with Crippen molar-refractivity contribution in [2.24, 2.45) is 0 Å². The number of alkyl halides is 3. The Hall–Kier alpha value is -4.87. The first-order valence-corrected chi connectivity index (χ1v) is 16.0. The van der Waals surface area contributed by atoms with Gasteiger partial charge < -0.3 is 29.7 Å². The first-order chi connectivity index (χ1) is 23.4. The lowest BCUT2D eigenvalue weighted by Gasteiger charge is -2.31. The Bertz CT molecular complexity index is 1710. The van der Waals surface area contributed by atoms with Gasteiger partial charge in [-0.1, -0.05) is 54.6 Å². The summed E-state index contributed by atoms with van der Waals surface area (Å²) < 4.78 is 51.2. The van der Waals surface area contributed by atoms with Gasteiger partial charge in [0.05, 0.1) is 42.5 Å². The first kappa shape index (κ1) is 37.0. The monoisotopic (exact) mass is 677 g/mol. The topological polar surface area (TPSA) is 91.3 Å². The minimum Gasteiger partial charge on any atom is -0.490 e. The number of rotatable bonds is 9. The minimum absolute atomic E-state index is 0.147. The van der Waals surface area contributed by atoms with E-state index in [1.165, 1.54) is 34.7 Å². The van der Waals surface area contributed by atoms with Crippen LogP contribution in [0, 0.1) is 6.92 Å². The fraction of sp³-hybridized carbons (Fsp3) is 0.316. The molecule has 1 heterocycles. The summed E-state index contributed by atoms with van der Waals surface area (Å²) >= 11 is 0. The van der Waals surface area contributed by atoms with Gasteiger partial charge in [-0.15, -0.1) is 0 Å².